The van der Waals surface area contributed by atoms with Gasteiger partial charge in [0.2, 0.25) is 5.89 Å². The van der Waals surface area contributed by atoms with Gasteiger partial charge in [-0.2, -0.15) is 13.2 Å². The van der Waals surface area contributed by atoms with Crippen LogP contribution in [0.5, 0.6) is 0 Å². The second-order valence-corrected chi connectivity index (χ2v) is 4.68. The van der Waals surface area contributed by atoms with Crippen LogP contribution in [-0.2, 0) is 12.7 Å². The van der Waals surface area contributed by atoms with Gasteiger partial charge in [0.15, 0.2) is 0 Å². The lowest BCUT2D eigenvalue weighted by Crippen LogP contribution is -2.12. The zero-order valence-corrected chi connectivity index (χ0v) is 11.3. The number of oxazole rings is 1. The Morgan fingerprint density at radius 2 is 2.05 bits per heavy atom. The number of halogens is 4. The molecule has 8 heteroatoms. The summed E-state index contributed by atoms with van der Waals surface area (Å²) in [6.45, 7) is 1.74. The molecule has 0 aromatic carbocycles. The van der Waals surface area contributed by atoms with E-state index in [0.717, 1.165) is 6.07 Å². The van der Waals surface area contributed by atoms with Crippen molar-refractivity contribution in [1.29, 1.82) is 0 Å². The third kappa shape index (κ3) is 3.46. The maximum absolute atomic E-state index is 12.8. The van der Waals surface area contributed by atoms with Gasteiger partial charge in [0.1, 0.15) is 11.6 Å². The smallest absolute Gasteiger partial charge is 0.419 e. The third-order valence-electron chi connectivity index (χ3n) is 2.24. The van der Waals surface area contributed by atoms with Gasteiger partial charge in [-0.1, -0.05) is 0 Å². The fourth-order valence-electron chi connectivity index (χ4n) is 1.44. The summed E-state index contributed by atoms with van der Waals surface area (Å²) in [5.74, 6) is 0.638. The molecule has 1 N–H and O–H groups in total. The van der Waals surface area contributed by atoms with Crippen LogP contribution in [0.4, 0.5) is 19.0 Å². The zero-order valence-electron chi connectivity index (χ0n) is 9.75. The van der Waals surface area contributed by atoms with Crippen LogP contribution >= 0.6 is 15.9 Å². The molecule has 0 atom stereocenters. The van der Waals surface area contributed by atoms with E-state index in [1.54, 1.807) is 6.92 Å². The number of alkyl halides is 3. The average molecular weight is 336 g/mol. The molecular formula is C11H9BrF3N3O. The first-order valence-corrected chi connectivity index (χ1v) is 6.03. The summed E-state index contributed by atoms with van der Waals surface area (Å²) in [6.07, 6.45) is -1.69. The summed E-state index contributed by atoms with van der Waals surface area (Å²) in [5, 5.41) is 2.57. The van der Waals surface area contributed by atoms with Crippen molar-refractivity contribution in [3.63, 3.8) is 0 Å². The van der Waals surface area contributed by atoms with Crippen LogP contribution in [0.2, 0.25) is 0 Å². The standard InChI is InChI=1S/C11H9BrF3N3O/c1-6-3-16-9(19-6)5-18-10-8(11(13,14)15)2-7(12)4-17-10/h2-4H,5H2,1H3,(H,17,18). The molecule has 0 spiro atoms. The molecule has 2 rings (SSSR count). The molecule has 0 unspecified atom stereocenters. The number of hydrogen-bond acceptors (Lipinski definition) is 4. The van der Waals surface area contributed by atoms with Crippen LogP contribution in [0, 0.1) is 6.92 Å². The number of aromatic nitrogens is 2. The first-order chi connectivity index (χ1) is 8.86. The fraction of sp³-hybridized carbons (Fsp3) is 0.273. The van der Waals surface area contributed by atoms with E-state index in [4.69, 9.17) is 4.42 Å². The number of aryl methyl sites for hydroxylation is 1. The molecule has 4 nitrogen and oxygen atoms in total. The van der Waals surface area contributed by atoms with Crippen LogP contribution < -0.4 is 5.32 Å². The molecule has 19 heavy (non-hydrogen) atoms. The van der Waals surface area contributed by atoms with Gasteiger partial charge in [-0.3, -0.25) is 0 Å². The number of nitrogens with one attached hydrogen (secondary N) is 1. The Morgan fingerprint density at radius 3 is 2.63 bits per heavy atom. The fourth-order valence-corrected chi connectivity index (χ4v) is 1.77. The van der Waals surface area contributed by atoms with E-state index >= 15 is 0 Å². The summed E-state index contributed by atoms with van der Waals surface area (Å²) in [5.41, 5.74) is -0.842. The molecule has 0 fully saturated rings. The average Bonchev–Trinajstić information content (AvgIpc) is 2.72. The maximum Gasteiger partial charge on any atom is 0.419 e. The number of anilines is 1. The SMILES string of the molecule is Cc1cnc(CNc2ncc(Br)cc2C(F)(F)F)o1. The van der Waals surface area contributed by atoms with Gasteiger partial charge in [0, 0.05) is 10.7 Å². The maximum atomic E-state index is 12.8. The highest BCUT2D eigenvalue weighted by atomic mass is 79.9. The van der Waals surface area contributed by atoms with Crippen molar-refractivity contribution in [3.8, 4) is 0 Å². The molecule has 2 heterocycles. The molecular weight excluding hydrogens is 327 g/mol. The number of pyridine rings is 1. The molecule has 0 bridgehead atoms. The first-order valence-electron chi connectivity index (χ1n) is 5.24. The van der Waals surface area contributed by atoms with Crippen LogP contribution in [0.3, 0.4) is 0 Å². The highest BCUT2D eigenvalue weighted by Gasteiger charge is 2.34. The van der Waals surface area contributed by atoms with E-state index in [9.17, 15) is 13.2 Å². The van der Waals surface area contributed by atoms with Crippen molar-refractivity contribution in [2.45, 2.75) is 19.6 Å². The molecule has 0 aliphatic heterocycles. The zero-order chi connectivity index (χ0) is 14.0. The van der Waals surface area contributed by atoms with Crippen LogP contribution in [-0.4, -0.2) is 9.97 Å². The Balaban J connectivity index is 2.20. The monoisotopic (exact) mass is 335 g/mol. The first kappa shape index (κ1) is 13.9. The molecule has 0 saturated heterocycles. The topological polar surface area (TPSA) is 51.0 Å². The molecule has 0 amide bonds. The van der Waals surface area contributed by atoms with E-state index in [2.05, 4.69) is 31.2 Å². The normalized spacial score (nSPS) is 11.6. The number of rotatable bonds is 3. The molecule has 0 saturated carbocycles. The van der Waals surface area contributed by atoms with Crippen molar-refractivity contribution in [2.75, 3.05) is 5.32 Å². The summed E-state index contributed by atoms with van der Waals surface area (Å²) < 4.78 is 43.9. The Kier molecular flexibility index (Phi) is 3.79. The lowest BCUT2D eigenvalue weighted by molar-refractivity contribution is -0.137. The third-order valence-corrected chi connectivity index (χ3v) is 2.67. The summed E-state index contributed by atoms with van der Waals surface area (Å²) >= 11 is 2.97. The van der Waals surface area contributed by atoms with E-state index in [-0.39, 0.29) is 16.8 Å². The van der Waals surface area contributed by atoms with Crippen LogP contribution in [0.15, 0.2) is 27.3 Å². The molecule has 102 valence electrons. The minimum atomic E-state index is -4.48. The van der Waals surface area contributed by atoms with Crippen molar-refractivity contribution < 1.29 is 17.6 Å². The van der Waals surface area contributed by atoms with Crippen molar-refractivity contribution in [2.24, 2.45) is 0 Å². The summed E-state index contributed by atoms with van der Waals surface area (Å²) in [7, 11) is 0. The van der Waals surface area contributed by atoms with Crippen molar-refractivity contribution in [3.05, 3.63) is 40.1 Å². The molecule has 0 aliphatic carbocycles. The molecule has 2 aromatic heterocycles. The Morgan fingerprint density at radius 1 is 1.32 bits per heavy atom. The predicted molar refractivity (Wildman–Crippen MR) is 65.5 cm³/mol. The van der Waals surface area contributed by atoms with Gasteiger partial charge >= 0.3 is 6.18 Å². The van der Waals surface area contributed by atoms with Gasteiger partial charge in [-0.25, -0.2) is 9.97 Å². The Labute approximate surface area is 115 Å². The minimum absolute atomic E-state index is 0.0333. The van der Waals surface area contributed by atoms with Gasteiger partial charge in [0.25, 0.3) is 0 Å². The van der Waals surface area contributed by atoms with E-state index in [0.29, 0.717) is 11.7 Å². The lowest BCUT2D eigenvalue weighted by Gasteiger charge is -2.12. The number of hydrogen-bond donors (Lipinski definition) is 1. The van der Waals surface area contributed by atoms with Gasteiger partial charge in [-0.15, -0.1) is 0 Å². The van der Waals surface area contributed by atoms with Gasteiger partial charge in [0.05, 0.1) is 18.3 Å². The molecule has 0 radical (unpaired) electrons. The highest BCUT2D eigenvalue weighted by molar-refractivity contribution is 9.10. The quantitative estimate of drug-likeness (QED) is 0.927. The van der Waals surface area contributed by atoms with E-state index < -0.39 is 11.7 Å². The van der Waals surface area contributed by atoms with Gasteiger partial charge in [-0.05, 0) is 28.9 Å². The van der Waals surface area contributed by atoms with Crippen molar-refractivity contribution in [1.82, 2.24) is 9.97 Å². The van der Waals surface area contributed by atoms with Crippen molar-refractivity contribution >= 4 is 21.7 Å². The minimum Gasteiger partial charge on any atom is -0.444 e. The predicted octanol–water partition coefficient (Wildman–Crippen LogP) is 3.77. The Hall–Kier alpha value is -1.57. The highest BCUT2D eigenvalue weighted by Crippen LogP contribution is 2.35. The molecule has 2 aromatic rings. The van der Waals surface area contributed by atoms with E-state index in [1.807, 2.05) is 0 Å². The Bertz CT molecular complexity index is 583. The second-order valence-electron chi connectivity index (χ2n) is 3.77. The number of nitrogens with zero attached hydrogens (tertiary/aromatic N) is 2. The summed E-state index contributed by atoms with van der Waals surface area (Å²) in [4.78, 5) is 7.61. The van der Waals surface area contributed by atoms with E-state index in [1.165, 1.54) is 12.4 Å². The largest absolute Gasteiger partial charge is 0.444 e. The second kappa shape index (κ2) is 5.20. The lowest BCUT2D eigenvalue weighted by atomic mass is 10.2. The van der Waals surface area contributed by atoms with Crippen LogP contribution in [0.1, 0.15) is 17.2 Å². The summed E-state index contributed by atoms with van der Waals surface area (Å²) in [6, 6.07) is 0.968. The van der Waals surface area contributed by atoms with Crippen LogP contribution in [0.25, 0.3) is 0 Å². The van der Waals surface area contributed by atoms with Gasteiger partial charge < -0.3 is 9.73 Å². The molecule has 0 aliphatic rings.